The first-order valence-corrected chi connectivity index (χ1v) is 10.4. The molecule has 1 unspecified atom stereocenters. The molecule has 8 nitrogen and oxygen atoms in total. The number of nitrogens with zero attached hydrogens (tertiary/aromatic N) is 4. The number of imidazole rings is 1. The van der Waals surface area contributed by atoms with E-state index in [1.807, 2.05) is 6.20 Å². The number of hydrogen-bond donors (Lipinski definition) is 1. The van der Waals surface area contributed by atoms with Gasteiger partial charge in [-0.1, -0.05) is 6.07 Å². The number of halogens is 2. The maximum absolute atomic E-state index is 13.1. The van der Waals surface area contributed by atoms with Gasteiger partial charge < -0.3 is 19.4 Å². The van der Waals surface area contributed by atoms with Gasteiger partial charge in [-0.15, -0.1) is 0 Å². The SMILES string of the molecule is CN1CCC(Oc2cc3nc(C4CC4)cn3cc2C(=O)Nc2cccc(C(F)F)n2)C1=O. The summed E-state index contributed by atoms with van der Waals surface area (Å²) < 4.78 is 33.6. The van der Waals surface area contributed by atoms with E-state index < -0.39 is 24.1 Å². The number of pyridine rings is 2. The van der Waals surface area contributed by atoms with Crippen LogP contribution in [0.25, 0.3) is 5.65 Å². The second kappa shape index (κ2) is 7.85. The minimum atomic E-state index is -2.75. The van der Waals surface area contributed by atoms with Crippen LogP contribution in [0.3, 0.4) is 0 Å². The Balaban J connectivity index is 1.49. The number of aromatic nitrogens is 3. The summed E-state index contributed by atoms with van der Waals surface area (Å²) in [4.78, 5) is 35.4. The second-order valence-electron chi connectivity index (χ2n) is 8.11. The van der Waals surface area contributed by atoms with E-state index in [1.54, 1.807) is 28.6 Å². The Bertz CT molecular complexity index is 1210. The average Bonchev–Trinajstić information content (AvgIpc) is 3.47. The molecule has 1 atom stereocenters. The zero-order valence-electron chi connectivity index (χ0n) is 17.3. The van der Waals surface area contributed by atoms with Crippen molar-refractivity contribution in [3.63, 3.8) is 0 Å². The van der Waals surface area contributed by atoms with Crippen LogP contribution >= 0.6 is 0 Å². The first-order valence-electron chi connectivity index (χ1n) is 10.4. The smallest absolute Gasteiger partial charge is 0.280 e. The maximum atomic E-state index is 13.1. The van der Waals surface area contributed by atoms with Crippen molar-refractivity contribution in [1.29, 1.82) is 0 Å². The summed E-state index contributed by atoms with van der Waals surface area (Å²) in [6.07, 6.45) is 2.66. The van der Waals surface area contributed by atoms with Crippen LogP contribution in [0.4, 0.5) is 14.6 Å². The van der Waals surface area contributed by atoms with Crippen LogP contribution in [-0.4, -0.2) is 50.8 Å². The highest BCUT2D eigenvalue weighted by Gasteiger charge is 2.32. The largest absolute Gasteiger partial charge is 0.479 e. The van der Waals surface area contributed by atoms with E-state index in [2.05, 4.69) is 15.3 Å². The minimum Gasteiger partial charge on any atom is -0.479 e. The van der Waals surface area contributed by atoms with E-state index in [-0.39, 0.29) is 23.0 Å². The number of nitrogens with one attached hydrogen (secondary N) is 1. The van der Waals surface area contributed by atoms with Crippen molar-refractivity contribution in [3.05, 3.63) is 53.6 Å². The minimum absolute atomic E-state index is 0.000163. The first kappa shape index (κ1) is 20.3. The Hall–Kier alpha value is -3.56. The molecule has 1 N–H and O–H groups in total. The van der Waals surface area contributed by atoms with Gasteiger partial charge in [0.2, 0.25) is 0 Å². The third-order valence-corrected chi connectivity index (χ3v) is 5.70. The topological polar surface area (TPSA) is 88.8 Å². The lowest BCUT2D eigenvalue weighted by molar-refractivity contribution is -0.132. The van der Waals surface area contributed by atoms with Gasteiger partial charge >= 0.3 is 0 Å². The number of hydrogen-bond acceptors (Lipinski definition) is 5. The number of rotatable bonds is 6. The lowest BCUT2D eigenvalue weighted by Gasteiger charge is -2.16. The predicted octanol–water partition coefficient (Wildman–Crippen LogP) is 3.41. The Kier molecular flexibility index (Phi) is 4.99. The van der Waals surface area contributed by atoms with Crippen LogP contribution in [0.15, 0.2) is 36.7 Å². The van der Waals surface area contributed by atoms with Crippen LogP contribution in [-0.2, 0) is 4.79 Å². The molecule has 0 bridgehead atoms. The molecule has 2 amide bonds. The molecule has 1 saturated heterocycles. The Morgan fingerprint density at radius 2 is 2.03 bits per heavy atom. The molecular weight excluding hydrogens is 420 g/mol. The summed E-state index contributed by atoms with van der Waals surface area (Å²) in [7, 11) is 1.70. The maximum Gasteiger partial charge on any atom is 0.280 e. The van der Waals surface area contributed by atoms with Gasteiger partial charge in [0.05, 0.1) is 11.3 Å². The van der Waals surface area contributed by atoms with Gasteiger partial charge in [-0.05, 0) is 25.0 Å². The zero-order chi connectivity index (χ0) is 22.4. The van der Waals surface area contributed by atoms with Gasteiger partial charge in [0.25, 0.3) is 18.2 Å². The Labute approximate surface area is 182 Å². The molecule has 2 fully saturated rings. The number of anilines is 1. The summed E-state index contributed by atoms with van der Waals surface area (Å²) in [6.45, 7) is 0.562. The summed E-state index contributed by atoms with van der Waals surface area (Å²) in [5.41, 5.74) is 1.27. The molecule has 1 aliphatic carbocycles. The van der Waals surface area contributed by atoms with Crippen molar-refractivity contribution in [3.8, 4) is 5.75 Å². The number of fused-ring (bicyclic) bond motifs is 1. The summed E-state index contributed by atoms with van der Waals surface area (Å²) in [5, 5.41) is 2.55. The monoisotopic (exact) mass is 441 g/mol. The van der Waals surface area contributed by atoms with E-state index in [9.17, 15) is 18.4 Å². The molecule has 32 heavy (non-hydrogen) atoms. The fourth-order valence-electron chi connectivity index (χ4n) is 3.76. The highest BCUT2D eigenvalue weighted by molar-refractivity contribution is 6.06. The third-order valence-electron chi connectivity index (χ3n) is 5.70. The highest BCUT2D eigenvalue weighted by atomic mass is 19.3. The van der Waals surface area contributed by atoms with Gasteiger partial charge in [-0.3, -0.25) is 9.59 Å². The molecule has 10 heteroatoms. The van der Waals surface area contributed by atoms with Crippen molar-refractivity contribution in [1.82, 2.24) is 19.3 Å². The number of alkyl halides is 2. The number of likely N-dealkylation sites (N-methyl/N-ethyl adjacent to an activating group) is 1. The molecule has 5 rings (SSSR count). The molecule has 4 heterocycles. The van der Waals surface area contributed by atoms with Gasteiger partial charge in [0.1, 0.15) is 22.9 Å². The molecule has 0 spiro atoms. The van der Waals surface area contributed by atoms with Gasteiger partial charge in [-0.25, -0.2) is 18.7 Å². The lowest BCUT2D eigenvalue weighted by atomic mass is 10.2. The van der Waals surface area contributed by atoms with Crippen LogP contribution in [0.2, 0.25) is 0 Å². The number of carbonyl (C=O) groups excluding carboxylic acids is 2. The quantitative estimate of drug-likeness (QED) is 0.633. The summed E-state index contributed by atoms with van der Waals surface area (Å²) >= 11 is 0. The van der Waals surface area contributed by atoms with E-state index in [0.29, 0.717) is 24.5 Å². The highest BCUT2D eigenvalue weighted by Crippen LogP contribution is 2.39. The number of ether oxygens (including phenoxy) is 1. The molecular formula is C22H21F2N5O3. The Morgan fingerprint density at radius 1 is 1.22 bits per heavy atom. The van der Waals surface area contributed by atoms with Crippen molar-refractivity contribution in [2.75, 3.05) is 18.9 Å². The van der Waals surface area contributed by atoms with Gasteiger partial charge in [0.15, 0.2) is 6.10 Å². The normalized spacial score (nSPS) is 18.6. The molecule has 1 saturated carbocycles. The molecule has 2 aliphatic rings. The molecule has 166 valence electrons. The summed E-state index contributed by atoms with van der Waals surface area (Å²) in [5.74, 6) is -0.116. The van der Waals surface area contributed by atoms with Crippen molar-refractivity contribution >= 4 is 23.3 Å². The molecule has 3 aromatic rings. The van der Waals surface area contributed by atoms with E-state index >= 15 is 0 Å². The lowest BCUT2D eigenvalue weighted by Crippen LogP contribution is -2.30. The van der Waals surface area contributed by atoms with Crippen LogP contribution in [0, 0.1) is 0 Å². The van der Waals surface area contributed by atoms with Crippen LogP contribution in [0.5, 0.6) is 5.75 Å². The fraction of sp³-hybridized carbons (Fsp3) is 0.364. The number of carbonyl (C=O) groups is 2. The Morgan fingerprint density at radius 3 is 2.72 bits per heavy atom. The second-order valence-corrected chi connectivity index (χ2v) is 8.11. The van der Waals surface area contributed by atoms with E-state index in [4.69, 9.17) is 4.74 Å². The number of likely N-dealkylation sites (tertiary alicyclic amines) is 1. The molecule has 1 aliphatic heterocycles. The third kappa shape index (κ3) is 3.88. The van der Waals surface area contributed by atoms with Gasteiger partial charge in [0, 0.05) is 44.4 Å². The zero-order valence-corrected chi connectivity index (χ0v) is 17.3. The van der Waals surface area contributed by atoms with Crippen LogP contribution in [0.1, 0.15) is 53.4 Å². The molecule has 3 aromatic heterocycles. The van der Waals surface area contributed by atoms with Gasteiger partial charge in [-0.2, -0.15) is 0 Å². The van der Waals surface area contributed by atoms with Crippen molar-refractivity contribution < 1.29 is 23.1 Å². The standard InChI is InChI=1S/C22H21F2N5O3/c1-28-8-7-16(22(28)31)32-17-9-19-26-15(12-5-6-12)11-29(19)10-13(17)21(30)27-18-4-2-3-14(25-18)20(23)24/h2-4,9-12,16,20H,5-8H2,1H3,(H,25,27,30). The number of amides is 2. The predicted molar refractivity (Wildman–Crippen MR) is 111 cm³/mol. The fourth-order valence-corrected chi connectivity index (χ4v) is 3.76. The first-order chi connectivity index (χ1) is 15.4. The summed E-state index contributed by atoms with van der Waals surface area (Å²) in [6, 6.07) is 5.65. The van der Waals surface area contributed by atoms with Crippen molar-refractivity contribution in [2.45, 2.75) is 37.7 Å². The van der Waals surface area contributed by atoms with E-state index in [1.165, 1.54) is 18.2 Å². The van der Waals surface area contributed by atoms with E-state index in [0.717, 1.165) is 18.5 Å². The van der Waals surface area contributed by atoms with Crippen LogP contribution < -0.4 is 10.1 Å². The average molecular weight is 441 g/mol. The molecule has 0 aromatic carbocycles. The molecule has 0 radical (unpaired) electrons. The van der Waals surface area contributed by atoms with Crippen molar-refractivity contribution in [2.24, 2.45) is 0 Å².